The van der Waals surface area contributed by atoms with Crippen LogP contribution < -0.4 is 0 Å². The maximum absolute atomic E-state index is 10.6. The molecule has 0 aromatic rings. The molecule has 0 aromatic carbocycles. The van der Waals surface area contributed by atoms with Crippen LogP contribution in [0.4, 0.5) is 0 Å². The number of hydrogen-bond acceptors (Lipinski definition) is 32. The number of ether oxygens (including phenoxy) is 2. The lowest BCUT2D eigenvalue weighted by atomic mass is 10.3. The van der Waals surface area contributed by atoms with Crippen molar-refractivity contribution in [2.24, 2.45) is 0 Å². The van der Waals surface area contributed by atoms with Crippen LogP contribution in [0.25, 0.3) is 0 Å². The molecule has 0 aliphatic rings. The third kappa shape index (κ3) is 52.6. The molecule has 0 aliphatic heterocycles. The fourth-order valence-electron chi connectivity index (χ4n) is 11.6. The van der Waals surface area contributed by atoms with E-state index in [1.807, 2.05) is 14.7 Å². The lowest BCUT2D eigenvalue weighted by molar-refractivity contribution is 0.0942. The molecule has 96 heavy (non-hydrogen) atoms. The van der Waals surface area contributed by atoms with Gasteiger partial charge in [0, 0.05) is 309 Å². The Morgan fingerprint density at radius 3 is 0.281 bits per heavy atom. The summed E-state index contributed by atoms with van der Waals surface area (Å²) in [5.41, 5.74) is 0. The normalized spacial score (nSPS) is 12.8. The van der Waals surface area contributed by atoms with Gasteiger partial charge < -0.3 is 86.1 Å². The topological polar surface area (TPSA) is 371 Å². The van der Waals surface area contributed by atoms with E-state index >= 15 is 0 Å². The highest BCUT2D eigenvalue weighted by atomic mass is 16.5. The number of nitrogens with zero attached hydrogens (tertiary/aromatic N) is 15. The van der Waals surface area contributed by atoms with E-state index in [9.17, 15) is 76.6 Å². The van der Waals surface area contributed by atoms with Crippen LogP contribution in [0.5, 0.6) is 0 Å². The van der Waals surface area contributed by atoms with Crippen LogP contribution in [-0.4, -0.2) is 571 Å². The third-order valence-electron chi connectivity index (χ3n) is 17.7. The van der Waals surface area contributed by atoms with Gasteiger partial charge in [0.25, 0.3) is 0 Å². The summed E-state index contributed by atoms with van der Waals surface area (Å²) >= 11 is 0. The number of rotatable bonds is 78. The van der Waals surface area contributed by atoms with E-state index in [0.717, 1.165) is 0 Å². The fraction of sp³-hybridized carbons (Fsp3) is 1.00. The first-order chi connectivity index (χ1) is 46.9. The summed E-state index contributed by atoms with van der Waals surface area (Å²) in [7, 11) is 3.32. The molecular formula is C64H145N15O17. The average molecular weight is 1400 g/mol. The van der Waals surface area contributed by atoms with Gasteiger partial charge in [0.2, 0.25) is 0 Å². The van der Waals surface area contributed by atoms with Gasteiger partial charge in [-0.2, -0.15) is 0 Å². The summed E-state index contributed by atoms with van der Waals surface area (Å²) in [6, 6.07) is 0. The summed E-state index contributed by atoms with van der Waals surface area (Å²) in [5, 5.41) is 150. The smallest absolute Gasteiger partial charge is 0.0589 e. The summed E-state index contributed by atoms with van der Waals surface area (Å²) < 4.78 is 10.7. The predicted molar refractivity (Wildman–Crippen MR) is 377 cm³/mol. The van der Waals surface area contributed by atoms with Crippen LogP contribution in [0.2, 0.25) is 0 Å². The zero-order chi connectivity index (χ0) is 70.9. The second-order valence-electron chi connectivity index (χ2n) is 24.5. The zero-order valence-corrected chi connectivity index (χ0v) is 60.1. The van der Waals surface area contributed by atoms with Crippen molar-refractivity contribution >= 4 is 0 Å². The van der Waals surface area contributed by atoms with Crippen molar-refractivity contribution in [1.29, 1.82) is 0 Å². The van der Waals surface area contributed by atoms with E-state index in [4.69, 9.17) is 9.47 Å². The van der Waals surface area contributed by atoms with Gasteiger partial charge in [-0.25, -0.2) is 0 Å². The standard InChI is InChI=1S/C64H145N15O17/c1-95-63-46-78(44-61-93)29-24-71(34-51-83)15-10-66(8-13-69(32-49-81)21-26-75(38-55-87)39-56-88)5-3-65(7-12-68(31-48-80)17-18-73(36-53-85)19-20-74(37-54-86)23-28-77(42-59-91)43-60-92)4-6-67(9-14-70(33-50-82)22-27-76(40-57-89)41-58-90)11-16-72(35-52-84)25-30-79(45-62-94)47-64-96-2/h80-94H,3-64H2,1-2H3. The van der Waals surface area contributed by atoms with Gasteiger partial charge in [0.05, 0.1) is 112 Å². The molecular weight excluding hydrogens is 1250 g/mol. The Balaban J connectivity index is 7.56. The van der Waals surface area contributed by atoms with Crippen molar-refractivity contribution < 1.29 is 86.1 Å². The minimum atomic E-state index is -0.0584. The van der Waals surface area contributed by atoms with E-state index in [0.29, 0.717) is 308 Å². The van der Waals surface area contributed by atoms with Crippen LogP contribution in [0.15, 0.2) is 0 Å². The second-order valence-corrected chi connectivity index (χ2v) is 24.5. The first-order valence-electron chi connectivity index (χ1n) is 35.9. The highest BCUT2D eigenvalue weighted by Crippen LogP contribution is 2.06. The summed E-state index contributed by atoms with van der Waals surface area (Å²) in [4.78, 5) is 33.2. The minimum absolute atomic E-state index is 0.0154. The summed E-state index contributed by atoms with van der Waals surface area (Å²) in [5.74, 6) is 0. The molecule has 15 N–H and O–H groups in total. The Hall–Kier alpha value is -1.28. The van der Waals surface area contributed by atoms with Crippen LogP contribution in [0, 0.1) is 0 Å². The molecule has 0 aromatic heterocycles. The molecule has 0 saturated heterocycles. The molecule has 0 aliphatic carbocycles. The Kier molecular flexibility index (Phi) is 68.5. The average Bonchev–Trinajstić information content (AvgIpc) is 3.06. The van der Waals surface area contributed by atoms with E-state index in [2.05, 4.69) is 58.8 Å². The van der Waals surface area contributed by atoms with Gasteiger partial charge in [0.15, 0.2) is 0 Å². The van der Waals surface area contributed by atoms with Gasteiger partial charge in [0.1, 0.15) is 0 Å². The van der Waals surface area contributed by atoms with Gasteiger partial charge >= 0.3 is 0 Å². The van der Waals surface area contributed by atoms with E-state index in [1.165, 1.54) is 0 Å². The summed E-state index contributed by atoms with van der Waals surface area (Å²) in [6.07, 6.45) is 0. The lowest BCUT2D eigenvalue weighted by Gasteiger charge is -2.35. The molecule has 0 spiro atoms. The third-order valence-corrected chi connectivity index (χ3v) is 17.7. The van der Waals surface area contributed by atoms with Crippen molar-refractivity contribution in [2.45, 2.75) is 0 Å². The largest absolute Gasteiger partial charge is 0.395 e. The van der Waals surface area contributed by atoms with Gasteiger partial charge in [-0.3, -0.25) is 73.5 Å². The van der Waals surface area contributed by atoms with E-state index < -0.39 is 0 Å². The molecule has 0 radical (unpaired) electrons. The van der Waals surface area contributed by atoms with Crippen molar-refractivity contribution in [2.75, 3.05) is 421 Å². The number of hydrogen-bond donors (Lipinski definition) is 15. The van der Waals surface area contributed by atoms with E-state index in [-0.39, 0.29) is 99.1 Å². The van der Waals surface area contributed by atoms with Crippen LogP contribution in [-0.2, 0) is 9.47 Å². The molecule has 0 atom stereocenters. The molecule has 0 fully saturated rings. The van der Waals surface area contributed by atoms with Crippen molar-refractivity contribution in [3.05, 3.63) is 0 Å². The number of aliphatic hydroxyl groups is 15. The van der Waals surface area contributed by atoms with Crippen LogP contribution >= 0.6 is 0 Å². The van der Waals surface area contributed by atoms with Crippen molar-refractivity contribution in [3.63, 3.8) is 0 Å². The summed E-state index contributed by atoms with van der Waals surface area (Å²) in [6.45, 7) is 26.6. The molecule has 32 nitrogen and oxygen atoms in total. The van der Waals surface area contributed by atoms with Crippen LogP contribution in [0.3, 0.4) is 0 Å². The Bertz CT molecular complexity index is 1500. The highest BCUT2D eigenvalue weighted by molar-refractivity contribution is 4.78. The lowest BCUT2D eigenvalue weighted by Crippen LogP contribution is -2.49. The first-order valence-corrected chi connectivity index (χ1v) is 35.9. The van der Waals surface area contributed by atoms with Crippen molar-refractivity contribution in [3.8, 4) is 0 Å². The fourth-order valence-corrected chi connectivity index (χ4v) is 11.6. The highest BCUT2D eigenvalue weighted by Gasteiger charge is 2.21. The quantitative estimate of drug-likeness (QED) is 0.0269. The Labute approximate surface area is 578 Å². The Morgan fingerprint density at radius 1 is 0.125 bits per heavy atom. The molecule has 0 amide bonds. The molecule has 32 heteroatoms. The number of methoxy groups -OCH3 is 2. The second kappa shape index (κ2) is 69.4. The molecule has 0 bridgehead atoms. The maximum Gasteiger partial charge on any atom is 0.0589 e. The van der Waals surface area contributed by atoms with Gasteiger partial charge in [-0.05, 0) is 0 Å². The minimum Gasteiger partial charge on any atom is -0.395 e. The zero-order valence-electron chi connectivity index (χ0n) is 60.1. The molecule has 0 rings (SSSR count). The SMILES string of the molecule is COCCN(CCO)CCN(CCO)CCN(CCN(CCO)CCN(CCO)CCO)CCN(CCN(CCO)CCN(CCO)CCN(CCO)CCN(CCO)CCO)CCN(CCN(CCO)CCN(CCO)CCO)CCN(CCO)CCN(CCO)CCOC. The van der Waals surface area contributed by atoms with Gasteiger partial charge in [-0.1, -0.05) is 0 Å². The van der Waals surface area contributed by atoms with Gasteiger partial charge in [-0.15, -0.1) is 0 Å². The molecule has 0 saturated carbocycles. The maximum atomic E-state index is 10.6. The number of aliphatic hydroxyl groups excluding tert-OH is 15. The van der Waals surface area contributed by atoms with Crippen molar-refractivity contribution in [1.82, 2.24) is 73.5 Å². The van der Waals surface area contributed by atoms with E-state index in [1.54, 1.807) is 14.2 Å². The monoisotopic (exact) mass is 1400 g/mol. The van der Waals surface area contributed by atoms with Crippen LogP contribution in [0.1, 0.15) is 0 Å². The molecule has 0 heterocycles. The Morgan fingerprint density at radius 2 is 0.198 bits per heavy atom. The predicted octanol–water partition coefficient (Wildman–Crippen LogP) is -10.3. The first kappa shape index (κ1) is 94.7. The molecule has 578 valence electrons. The molecule has 0 unspecified atom stereocenters.